The molecule has 0 saturated carbocycles. The van der Waals surface area contributed by atoms with E-state index in [-0.39, 0.29) is 0 Å². The third kappa shape index (κ3) is 3.29. The summed E-state index contributed by atoms with van der Waals surface area (Å²) in [5.74, 6) is 0.668. The molecule has 2 nitrogen and oxygen atoms in total. The number of halogens is 1. The van der Waals surface area contributed by atoms with E-state index in [1.165, 1.54) is 0 Å². The van der Waals surface area contributed by atoms with Crippen molar-refractivity contribution in [3.05, 3.63) is 35.9 Å². The topological polar surface area (TPSA) is 49.8 Å². The number of hydrogen-bond acceptors (Lipinski definition) is 2. The van der Waals surface area contributed by atoms with E-state index in [4.69, 9.17) is 22.6 Å². The predicted octanol–water partition coefficient (Wildman–Crippen LogP) is 3.56. The molecule has 0 aliphatic rings. The van der Waals surface area contributed by atoms with E-state index in [9.17, 15) is 0 Å². The maximum atomic E-state index is 8.81. The first-order valence-electron chi connectivity index (χ1n) is 5.22. The molecule has 0 heterocycles. The summed E-state index contributed by atoms with van der Waals surface area (Å²) in [5.41, 5.74) is 9.00. The van der Waals surface area contributed by atoms with Gasteiger partial charge in [-0.25, -0.2) is 0 Å². The second-order valence-electron chi connectivity index (χ2n) is 3.66. The number of nitrogens with zero attached hydrogens (tertiary/aromatic N) is 1. The van der Waals surface area contributed by atoms with Crippen LogP contribution in [0.5, 0.6) is 0 Å². The van der Waals surface area contributed by atoms with Gasteiger partial charge in [-0.05, 0) is 43.0 Å². The van der Waals surface area contributed by atoms with Crippen LogP contribution in [0.25, 0.3) is 5.57 Å². The largest absolute Gasteiger partial charge is 0.398 e. The second kappa shape index (κ2) is 6.19. The number of unbranched alkanes of at least 4 members (excludes halogenated alkanes) is 1. The Morgan fingerprint density at radius 3 is 2.81 bits per heavy atom. The molecule has 0 aromatic heterocycles. The van der Waals surface area contributed by atoms with Gasteiger partial charge in [-0.2, -0.15) is 5.26 Å². The Labute approximate surface area is 101 Å². The average Bonchev–Trinajstić information content (AvgIpc) is 2.30. The smallest absolute Gasteiger partial charge is 0.0991 e. The third-order valence-electron chi connectivity index (χ3n) is 2.43. The lowest BCUT2D eigenvalue weighted by atomic mass is 9.98. The van der Waals surface area contributed by atoms with Crippen molar-refractivity contribution in [2.75, 3.05) is 11.6 Å². The molecule has 0 amide bonds. The lowest BCUT2D eigenvalue weighted by Crippen LogP contribution is -1.94. The van der Waals surface area contributed by atoms with E-state index in [0.717, 1.165) is 30.4 Å². The lowest BCUT2D eigenvalue weighted by molar-refractivity contribution is 0.830. The predicted molar refractivity (Wildman–Crippen MR) is 69.2 cm³/mol. The molecule has 16 heavy (non-hydrogen) atoms. The van der Waals surface area contributed by atoms with Crippen LogP contribution < -0.4 is 5.73 Å². The quantitative estimate of drug-likeness (QED) is 0.481. The van der Waals surface area contributed by atoms with Gasteiger partial charge in [0, 0.05) is 17.1 Å². The zero-order valence-corrected chi connectivity index (χ0v) is 9.93. The van der Waals surface area contributed by atoms with Crippen LogP contribution in [0.4, 0.5) is 5.69 Å². The van der Waals surface area contributed by atoms with E-state index >= 15 is 0 Å². The Hall–Kier alpha value is -1.46. The van der Waals surface area contributed by atoms with Gasteiger partial charge in [0.05, 0.1) is 11.6 Å². The summed E-state index contributed by atoms with van der Waals surface area (Å²) in [6.07, 6.45) is 2.84. The summed E-state index contributed by atoms with van der Waals surface area (Å²) in [6.45, 7) is 4.00. The fraction of sp³-hybridized carbons (Fsp3) is 0.308. The van der Waals surface area contributed by atoms with Gasteiger partial charge >= 0.3 is 0 Å². The van der Waals surface area contributed by atoms with Crippen molar-refractivity contribution < 1.29 is 0 Å². The highest BCUT2D eigenvalue weighted by Crippen LogP contribution is 2.25. The molecule has 1 aromatic carbocycles. The number of nitriles is 1. The summed E-state index contributed by atoms with van der Waals surface area (Å²) in [6, 6.07) is 7.35. The Bertz CT molecular complexity index is 418. The molecule has 84 valence electrons. The second-order valence-corrected chi connectivity index (χ2v) is 4.04. The van der Waals surface area contributed by atoms with Crippen LogP contribution in [0, 0.1) is 11.3 Å². The van der Waals surface area contributed by atoms with Gasteiger partial charge in [-0.15, -0.1) is 11.6 Å². The molecule has 0 radical (unpaired) electrons. The van der Waals surface area contributed by atoms with E-state index in [0.29, 0.717) is 17.1 Å². The highest BCUT2D eigenvalue weighted by molar-refractivity contribution is 6.17. The Morgan fingerprint density at radius 2 is 2.19 bits per heavy atom. The molecule has 0 fully saturated rings. The number of rotatable bonds is 5. The maximum absolute atomic E-state index is 8.81. The average molecular weight is 235 g/mol. The first kappa shape index (κ1) is 12.6. The molecule has 0 bridgehead atoms. The summed E-state index contributed by atoms with van der Waals surface area (Å²) >= 11 is 5.61. The van der Waals surface area contributed by atoms with Crippen LogP contribution in [0.1, 0.15) is 30.4 Å². The first-order chi connectivity index (χ1) is 7.69. The van der Waals surface area contributed by atoms with Gasteiger partial charge in [0.1, 0.15) is 0 Å². The number of allylic oxidation sites excluding steroid dienone is 1. The Balaban J connectivity index is 2.78. The fourth-order valence-electron chi connectivity index (χ4n) is 1.50. The van der Waals surface area contributed by atoms with Crippen molar-refractivity contribution in [3.63, 3.8) is 0 Å². The first-order valence-corrected chi connectivity index (χ1v) is 5.76. The lowest BCUT2D eigenvalue weighted by Gasteiger charge is -2.09. The Kier molecular flexibility index (Phi) is 4.88. The number of benzene rings is 1. The van der Waals surface area contributed by atoms with E-state index in [1.807, 2.05) is 0 Å². The normalized spacial score (nSPS) is 9.75. The molecular weight excluding hydrogens is 220 g/mol. The van der Waals surface area contributed by atoms with Crippen LogP contribution in [-0.4, -0.2) is 5.88 Å². The fourth-order valence-corrected chi connectivity index (χ4v) is 1.69. The standard InChI is InChI=1S/C13H15ClN2/c1-10(4-2-3-7-14)12-8-11(9-15)5-6-13(12)16/h5-6,8H,1-4,7,16H2. The van der Waals surface area contributed by atoms with Crippen molar-refractivity contribution in [1.29, 1.82) is 5.26 Å². The number of nitrogen functional groups attached to an aromatic ring is 1. The van der Waals surface area contributed by atoms with Crippen molar-refractivity contribution >= 4 is 22.9 Å². The molecule has 0 spiro atoms. The van der Waals surface area contributed by atoms with Crippen molar-refractivity contribution in [2.24, 2.45) is 0 Å². The number of nitrogens with two attached hydrogens (primary N) is 1. The number of anilines is 1. The number of alkyl halides is 1. The molecule has 0 atom stereocenters. The van der Waals surface area contributed by atoms with Crippen LogP contribution in [0.2, 0.25) is 0 Å². The van der Waals surface area contributed by atoms with Gasteiger partial charge in [0.15, 0.2) is 0 Å². The molecule has 0 aliphatic carbocycles. The highest BCUT2D eigenvalue weighted by Gasteiger charge is 2.05. The molecule has 0 aliphatic heterocycles. The van der Waals surface area contributed by atoms with Gasteiger partial charge in [-0.3, -0.25) is 0 Å². The zero-order valence-electron chi connectivity index (χ0n) is 9.17. The minimum absolute atomic E-state index is 0.614. The summed E-state index contributed by atoms with van der Waals surface area (Å²) < 4.78 is 0. The van der Waals surface area contributed by atoms with E-state index in [2.05, 4.69) is 12.6 Å². The molecular formula is C13H15ClN2. The van der Waals surface area contributed by atoms with Gasteiger partial charge in [0.2, 0.25) is 0 Å². The van der Waals surface area contributed by atoms with E-state index in [1.54, 1.807) is 18.2 Å². The van der Waals surface area contributed by atoms with E-state index < -0.39 is 0 Å². The summed E-state index contributed by atoms with van der Waals surface area (Å²) in [4.78, 5) is 0. The molecule has 1 aromatic rings. The molecule has 2 N–H and O–H groups in total. The molecule has 0 unspecified atom stereocenters. The molecule has 0 saturated heterocycles. The van der Waals surface area contributed by atoms with Crippen LogP contribution in [0.3, 0.4) is 0 Å². The van der Waals surface area contributed by atoms with Gasteiger partial charge in [0.25, 0.3) is 0 Å². The minimum atomic E-state index is 0.614. The van der Waals surface area contributed by atoms with Crippen molar-refractivity contribution in [2.45, 2.75) is 19.3 Å². The summed E-state index contributed by atoms with van der Waals surface area (Å²) in [5, 5.41) is 8.81. The van der Waals surface area contributed by atoms with Crippen LogP contribution in [0.15, 0.2) is 24.8 Å². The Morgan fingerprint density at radius 1 is 1.44 bits per heavy atom. The SMILES string of the molecule is C=C(CCCCCl)c1cc(C#N)ccc1N. The molecule has 1 rings (SSSR count). The molecule has 3 heteroatoms. The minimum Gasteiger partial charge on any atom is -0.398 e. The highest BCUT2D eigenvalue weighted by atomic mass is 35.5. The van der Waals surface area contributed by atoms with Crippen LogP contribution in [-0.2, 0) is 0 Å². The van der Waals surface area contributed by atoms with Gasteiger partial charge in [-0.1, -0.05) is 6.58 Å². The number of hydrogen-bond donors (Lipinski definition) is 1. The van der Waals surface area contributed by atoms with Crippen LogP contribution >= 0.6 is 11.6 Å². The monoisotopic (exact) mass is 234 g/mol. The third-order valence-corrected chi connectivity index (χ3v) is 2.69. The van der Waals surface area contributed by atoms with Gasteiger partial charge < -0.3 is 5.73 Å². The summed E-state index contributed by atoms with van der Waals surface area (Å²) in [7, 11) is 0. The van der Waals surface area contributed by atoms with Crippen molar-refractivity contribution in [3.8, 4) is 6.07 Å². The van der Waals surface area contributed by atoms with Crippen molar-refractivity contribution in [1.82, 2.24) is 0 Å². The zero-order chi connectivity index (χ0) is 12.0. The maximum Gasteiger partial charge on any atom is 0.0991 e.